The lowest BCUT2D eigenvalue weighted by Gasteiger charge is -2.26. The highest BCUT2D eigenvalue weighted by molar-refractivity contribution is 6.04. The second kappa shape index (κ2) is 10.3. The number of carboxylic acid groups (broad SMARTS) is 1. The number of halogens is 3. The van der Waals surface area contributed by atoms with Crippen LogP contribution in [0.3, 0.4) is 0 Å². The minimum atomic E-state index is -4.70. The van der Waals surface area contributed by atoms with Gasteiger partial charge in [0.1, 0.15) is 17.7 Å². The first-order chi connectivity index (χ1) is 20.1. The Labute approximate surface area is 236 Å². The average molecular weight is 577 g/mol. The number of benzene rings is 2. The molecule has 42 heavy (non-hydrogen) atoms. The lowest BCUT2D eigenvalue weighted by molar-refractivity contribution is -0.142. The number of hydrogen-bond acceptors (Lipinski definition) is 6. The second-order valence-corrected chi connectivity index (χ2v) is 9.83. The Bertz CT molecular complexity index is 1830. The Hall–Kier alpha value is -5.20. The van der Waals surface area contributed by atoms with Crippen molar-refractivity contribution in [2.45, 2.75) is 38.5 Å². The van der Waals surface area contributed by atoms with Crippen molar-refractivity contribution < 1.29 is 32.6 Å². The molecule has 10 nitrogen and oxygen atoms in total. The molecule has 3 aromatic heterocycles. The van der Waals surface area contributed by atoms with Gasteiger partial charge in [0.25, 0.3) is 5.91 Å². The van der Waals surface area contributed by atoms with Crippen LogP contribution in [0.4, 0.5) is 18.9 Å². The van der Waals surface area contributed by atoms with Crippen LogP contribution in [0.25, 0.3) is 11.3 Å². The number of alkyl halides is 3. The zero-order valence-electron chi connectivity index (χ0n) is 22.1. The third-order valence-electron chi connectivity index (χ3n) is 6.92. The van der Waals surface area contributed by atoms with Gasteiger partial charge in [-0.2, -0.15) is 23.4 Å². The number of carbonyl (C=O) groups is 2. The van der Waals surface area contributed by atoms with E-state index in [4.69, 9.17) is 9.84 Å². The largest absolute Gasteiger partial charge is 0.484 e. The highest BCUT2D eigenvalue weighted by Crippen LogP contribution is 2.42. The molecule has 6 rings (SSSR count). The van der Waals surface area contributed by atoms with Gasteiger partial charge in [-0.1, -0.05) is 6.07 Å². The molecule has 2 N–H and O–H groups in total. The molecule has 3 heterocycles. The number of nitrogens with one attached hydrogen (secondary N) is 1. The molecule has 0 fully saturated rings. The van der Waals surface area contributed by atoms with Crippen LogP contribution in [-0.4, -0.2) is 41.4 Å². The lowest BCUT2D eigenvalue weighted by atomic mass is 9.92. The number of anilines is 1. The number of carbonyl (C=O) groups excluding carboxylic acids is 1. The number of nitrogens with zero attached hydrogens (tertiary/aromatic N) is 5. The van der Waals surface area contributed by atoms with E-state index in [0.717, 1.165) is 0 Å². The Morgan fingerprint density at radius 3 is 2.57 bits per heavy atom. The number of carboxylic acids is 1. The zero-order valence-corrected chi connectivity index (χ0v) is 22.1. The van der Waals surface area contributed by atoms with E-state index in [-0.39, 0.29) is 34.5 Å². The van der Waals surface area contributed by atoms with Gasteiger partial charge in [0.05, 0.1) is 28.8 Å². The van der Waals surface area contributed by atoms with E-state index in [1.54, 1.807) is 43.5 Å². The van der Waals surface area contributed by atoms with Crippen LogP contribution in [-0.2, 0) is 12.6 Å². The summed E-state index contributed by atoms with van der Waals surface area (Å²) >= 11 is 0. The first-order valence-corrected chi connectivity index (χ1v) is 13.0. The van der Waals surface area contributed by atoms with Crippen LogP contribution in [0.2, 0.25) is 0 Å². The number of fused-ring (bicyclic) bond motifs is 2. The van der Waals surface area contributed by atoms with Gasteiger partial charge in [0, 0.05) is 11.1 Å². The molecule has 2 aromatic carbocycles. The van der Waals surface area contributed by atoms with Gasteiger partial charge >= 0.3 is 12.1 Å². The highest BCUT2D eigenvalue weighted by Gasteiger charge is 2.42. The number of aromatic nitrogens is 5. The van der Waals surface area contributed by atoms with E-state index in [0.29, 0.717) is 35.8 Å². The van der Waals surface area contributed by atoms with Crippen molar-refractivity contribution in [2.75, 3.05) is 5.32 Å². The Morgan fingerprint density at radius 2 is 1.83 bits per heavy atom. The van der Waals surface area contributed by atoms with Gasteiger partial charge in [-0.3, -0.25) is 4.79 Å². The summed E-state index contributed by atoms with van der Waals surface area (Å²) < 4.78 is 51.1. The fraction of sp³-hybridized carbons (Fsp3) is 0.207. The van der Waals surface area contributed by atoms with Crippen molar-refractivity contribution in [2.24, 2.45) is 0 Å². The predicted octanol–water partition coefficient (Wildman–Crippen LogP) is 5.65. The first-order valence-electron chi connectivity index (χ1n) is 13.0. The molecule has 1 atom stereocenters. The Balaban J connectivity index is 1.34. The van der Waals surface area contributed by atoms with Crippen molar-refractivity contribution in [3.8, 4) is 11.4 Å². The maximum absolute atomic E-state index is 14.1. The summed E-state index contributed by atoms with van der Waals surface area (Å²) in [5.74, 6) is -0.692. The van der Waals surface area contributed by atoms with Gasteiger partial charge in [-0.15, -0.1) is 0 Å². The van der Waals surface area contributed by atoms with E-state index in [2.05, 4.69) is 20.5 Å². The minimum absolute atomic E-state index is 0.0344. The summed E-state index contributed by atoms with van der Waals surface area (Å²) in [5.41, 5.74) is 0.867. The number of rotatable bonds is 6. The molecule has 1 aliphatic carbocycles. The van der Waals surface area contributed by atoms with Crippen LogP contribution in [0.1, 0.15) is 62.4 Å². The SMILES string of the molecule is Cc1nc2ccc(NC(=O)c3cccc(-n4nc(C(F)(F)F)c5c4C(Oc4ccc(C(=O)O)cc4)CCC5)c3)cn2n1. The molecule has 214 valence electrons. The third kappa shape index (κ3) is 5.16. The van der Waals surface area contributed by atoms with E-state index in [9.17, 15) is 22.8 Å². The van der Waals surface area contributed by atoms with Crippen LogP contribution < -0.4 is 10.1 Å². The van der Waals surface area contributed by atoms with Crippen molar-refractivity contribution in [3.63, 3.8) is 0 Å². The summed E-state index contributed by atoms with van der Waals surface area (Å²) in [6.45, 7) is 1.75. The van der Waals surface area contributed by atoms with E-state index >= 15 is 0 Å². The molecular weight excluding hydrogens is 553 g/mol. The van der Waals surface area contributed by atoms with Crippen LogP contribution >= 0.6 is 0 Å². The third-order valence-corrected chi connectivity index (χ3v) is 6.92. The second-order valence-electron chi connectivity index (χ2n) is 9.83. The predicted molar refractivity (Wildman–Crippen MR) is 144 cm³/mol. The van der Waals surface area contributed by atoms with E-state index in [1.165, 1.54) is 39.5 Å². The molecular formula is C29H23F3N6O4. The fourth-order valence-electron chi connectivity index (χ4n) is 5.07. The van der Waals surface area contributed by atoms with Crippen LogP contribution in [0.5, 0.6) is 5.75 Å². The van der Waals surface area contributed by atoms with Crippen molar-refractivity contribution in [1.82, 2.24) is 24.4 Å². The molecule has 13 heteroatoms. The smallest absolute Gasteiger partial charge is 0.435 e. The number of aromatic carboxylic acids is 1. The molecule has 0 aliphatic heterocycles. The van der Waals surface area contributed by atoms with Crippen molar-refractivity contribution in [3.05, 3.63) is 101 Å². The normalized spacial score (nSPS) is 14.9. The standard InChI is InChI=1S/C29H23F3N6O4/c1-16-33-24-13-10-19(15-37(24)35-16)34-27(39)18-4-2-5-20(14-18)38-25-22(26(36-38)29(30,31)32)6-3-7-23(25)42-21-11-8-17(9-12-21)28(40)41/h2,4-5,8-15,23H,3,6-7H2,1H3,(H,34,39)(H,40,41). The maximum atomic E-state index is 14.1. The maximum Gasteiger partial charge on any atom is 0.435 e. The number of amides is 1. The van der Waals surface area contributed by atoms with Crippen LogP contribution in [0.15, 0.2) is 66.9 Å². The van der Waals surface area contributed by atoms with Gasteiger partial charge in [-0.05, 0) is 80.8 Å². The van der Waals surface area contributed by atoms with Gasteiger partial charge < -0.3 is 15.2 Å². The quantitative estimate of drug-likeness (QED) is 0.268. The zero-order chi connectivity index (χ0) is 29.6. The molecule has 0 saturated heterocycles. The summed E-state index contributed by atoms with van der Waals surface area (Å²) in [4.78, 5) is 28.6. The molecule has 0 radical (unpaired) electrons. The number of hydrogen-bond donors (Lipinski definition) is 2. The number of ether oxygens (including phenoxy) is 1. The molecule has 0 bridgehead atoms. The number of pyridine rings is 1. The monoisotopic (exact) mass is 576 g/mol. The fourth-order valence-corrected chi connectivity index (χ4v) is 5.07. The van der Waals surface area contributed by atoms with Crippen molar-refractivity contribution >= 4 is 23.2 Å². The summed E-state index contributed by atoms with van der Waals surface area (Å²) in [7, 11) is 0. The summed E-state index contributed by atoms with van der Waals surface area (Å²) in [6.07, 6.45) is -2.86. The van der Waals surface area contributed by atoms with Gasteiger partial charge in [0.2, 0.25) is 0 Å². The average Bonchev–Trinajstić information content (AvgIpc) is 3.54. The molecule has 1 amide bonds. The Morgan fingerprint density at radius 1 is 1.05 bits per heavy atom. The molecule has 1 unspecified atom stereocenters. The van der Waals surface area contributed by atoms with Gasteiger partial charge in [0.15, 0.2) is 11.3 Å². The molecule has 0 saturated carbocycles. The first kappa shape index (κ1) is 27.0. The lowest BCUT2D eigenvalue weighted by Crippen LogP contribution is -2.20. The highest BCUT2D eigenvalue weighted by atomic mass is 19.4. The summed E-state index contributed by atoms with van der Waals surface area (Å²) in [6, 6.07) is 15.2. The van der Waals surface area contributed by atoms with Crippen molar-refractivity contribution in [1.29, 1.82) is 0 Å². The van der Waals surface area contributed by atoms with E-state index < -0.39 is 29.9 Å². The molecule has 0 spiro atoms. The topological polar surface area (TPSA) is 124 Å². The number of aryl methyl sites for hydroxylation is 1. The Kier molecular flexibility index (Phi) is 6.64. The molecule has 1 aliphatic rings. The van der Waals surface area contributed by atoms with Gasteiger partial charge in [-0.25, -0.2) is 19.0 Å². The summed E-state index contributed by atoms with van der Waals surface area (Å²) in [5, 5.41) is 20.1. The minimum Gasteiger partial charge on any atom is -0.484 e. The molecule has 5 aromatic rings. The van der Waals surface area contributed by atoms with E-state index in [1.807, 2.05) is 0 Å². The van der Waals surface area contributed by atoms with Crippen LogP contribution in [0, 0.1) is 6.92 Å².